The molecule has 1 aliphatic carbocycles. The number of hydrogen-bond acceptors (Lipinski definition) is 3. The largest absolute Gasteiger partial charge is 0.356 e. The first-order chi connectivity index (χ1) is 13.2. The lowest BCUT2D eigenvalue weighted by atomic mass is 9.78. The number of amides is 2. The van der Waals surface area contributed by atoms with Gasteiger partial charge in [-0.3, -0.25) is 14.5 Å². The Morgan fingerprint density at radius 1 is 1.04 bits per heavy atom. The Balaban J connectivity index is 1.61. The highest BCUT2D eigenvalue weighted by Crippen LogP contribution is 2.31. The van der Waals surface area contributed by atoms with Crippen LogP contribution in [-0.4, -0.2) is 36.3 Å². The summed E-state index contributed by atoms with van der Waals surface area (Å²) in [6, 6.07) is 8.15. The van der Waals surface area contributed by atoms with Crippen LogP contribution in [0.4, 0.5) is 5.69 Å². The second-order valence-corrected chi connectivity index (χ2v) is 7.96. The highest BCUT2D eigenvalue weighted by molar-refractivity contribution is 5.96. The molecule has 0 radical (unpaired) electrons. The second-order valence-electron chi connectivity index (χ2n) is 7.96. The molecule has 1 aromatic carbocycles. The molecule has 5 heteroatoms. The molecular formula is C22H33N3O2. The van der Waals surface area contributed by atoms with Crippen LogP contribution >= 0.6 is 0 Å². The summed E-state index contributed by atoms with van der Waals surface area (Å²) < 4.78 is 0. The van der Waals surface area contributed by atoms with Gasteiger partial charge in [0.05, 0.1) is 0 Å². The molecule has 1 saturated carbocycles. The van der Waals surface area contributed by atoms with E-state index in [1.165, 1.54) is 18.4 Å². The van der Waals surface area contributed by atoms with Gasteiger partial charge in [0.25, 0.3) is 0 Å². The summed E-state index contributed by atoms with van der Waals surface area (Å²) in [5.74, 6) is -0.389. The molecular weight excluding hydrogens is 338 g/mol. The Morgan fingerprint density at radius 3 is 2.44 bits per heavy atom. The molecule has 1 heterocycles. The molecule has 2 aliphatic rings. The van der Waals surface area contributed by atoms with Crippen LogP contribution < -0.4 is 10.6 Å². The van der Waals surface area contributed by atoms with Crippen molar-refractivity contribution in [2.24, 2.45) is 11.8 Å². The summed E-state index contributed by atoms with van der Waals surface area (Å²) >= 11 is 0. The number of hydrogen-bond donors (Lipinski definition) is 2. The van der Waals surface area contributed by atoms with Crippen molar-refractivity contribution in [3.8, 4) is 0 Å². The Labute approximate surface area is 162 Å². The van der Waals surface area contributed by atoms with Gasteiger partial charge in [-0.15, -0.1) is 0 Å². The molecule has 0 aromatic heterocycles. The van der Waals surface area contributed by atoms with E-state index >= 15 is 0 Å². The first-order valence-corrected chi connectivity index (χ1v) is 10.6. The standard InChI is InChI=1S/C22H33N3O2/c1-2-12-23-21(26)19-10-3-4-11-20(19)22(27)24-18-9-7-8-17(15-18)16-25-13-5-6-14-25/h7-9,15,19-20H,2-6,10-14,16H2,1H3,(H,23,26)(H,24,27)/t19-,20+/m1/s1. The van der Waals surface area contributed by atoms with Crippen molar-refractivity contribution in [3.63, 3.8) is 0 Å². The average Bonchev–Trinajstić information content (AvgIpc) is 3.19. The summed E-state index contributed by atoms with van der Waals surface area (Å²) in [6.45, 7) is 5.98. The van der Waals surface area contributed by atoms with Gasteiger partial charge in [0, 0.05) is 30.6 Å². The van der Waals surface area contributed by atoms with Crippen molar-refractivity contribution in [2.45, 2.75) is 58.4 Å². The van der Waals surface area contributed by atoms with Crippen molar-refractivity contribution < 1.29 is 9.59 Å². The van der Waals surface area contributed by atoms with Gasteiger partial charge in [-0.1, -0.05) is 31.9 Å². The third-order valence-corrected chi connectivity index (χ3v) is 5.79. The van der Waals surface area contributed by atoms with Gasteiger partial charge in [-0.05, 0) is 62.9 Å². The van der Waals surface area contributed by atoms with Gasteiger partial charge < -0.3 is 10.6 Å². The fourth-order valence-electron chi connectivity index (χ4n) is 4.32. The summed E-state index contributed by atoms with van der Waals surface area (Å²) in [5, 5.41) is 6.06. The van der Waals surface area contributed by atoms with Crippen LogP contribution in [0.2, 0.25) is 0 Å². The van der Waals surface area contributed by atoms with E-state index in [-0.39, 0.29) is 23.7 Å². The fraction of sp³-hybridized carbons (Fsp3) is 0.636. The molecule has 0 spiro atoms. The highest BCUT2D eigenvalue weighted by Gasteiger charge is 2.35. The Hall–Kier alpha value is -1.88. The Kier molecular flexibility index (Phi) is 7.27. The summed E-state index contributed by atoms with van der Waals surface area (Å²) in [7, 11) is 0. The van der Waals surface area contributed by atoms with Crippen LogP contribution in [0, 0.1) is 11.8 Å². The van der Waals surface area contributed by atoms with Gasteiger partial charge in [0.1, 0.15) is 0 Å². The van der Waals surface area contributed by atoms with Gasteiger partial charge in [-0.2, -0.15) is 0 Å². The van der Waals surface area contributed by atoms with E-state index in [1.807, 2.05) is 19.1 Å². The molecule has 27 heavy (non-hydrogen) atoms. The number of nitrogens with one attached hydrogen (secondary N) is 2. The lowest BCUT2D eigenvalue weighted by molar-refractivity contribution is -0.134. The number of likely N-dealkylation sites (tertiary alicyclic amines) is 1. The molecule has 2 fully saturated rings. The molecule has 3 rings (SSSR count). The van der Waals surface area contributed by atoms with E-state index in [1.54, 1.807) is 0 Å². The number of benzene rings is 1. The zero-order chi connectivity index (χ0) is 19.1. The van der Waals surface area contributed by atoms with Gasteiger partial charge >= 0.3 is 0 Å². The molecule has 5 nitrogen and oxygen atoms in total. The molecule has 0 bridgehead atoms. The van der Waals surface area contributed by atoms with Gasteiger partial charge in [-0.25, -0.2) is 0 Å². The van der Waals surface area contributed by atoms with Crippen LogP contribution in [-0.2, 0) is 16.1 Å². The maximum atomic E-state index is 12.9. The van der Waals surface area contributed by atoms with Crippen molar-refractivity contribution in [2.75, 3.05) is 25.0 Å². The van der Waals surface area contributed by atoms with Crippen molar-refractivity contribution in [1.29, 1.82) is 0 Å². The minimum absolute atomic E-state index is 0.00956. The smallest absolute Gasteiger partial charge is 0.228 e. The molecule has 1 aromatic rings. The molecule has 1 aliphatic heterocycles. The monoisotopic (exact) mass is 371 g/mol. The summed E-state index contributed by atoms with van der Waals surface area (Å²) in [5.41, 5.74) is 2.07. The topological polar surface area (TPSA) is 61.4 Å². The SMILES string of the molecule is CCCNC(=O)[C@@H]1CCCC[C@@H]1C(=O)Nc1cccc(CN2CCCC2)c1. The summed E-state index contributed by atoms with van der Waals surface area (Å²) in [4.78, 5) is 27.8. The minimum atomic E-state index is -0.224. The Bertz CT molecular complexity index is 640. The van der Waals surface area contributed by atoms with Crippen LogP contribution in [0.3, 0.4) is 0 Å². The van der Waals surface area contributed by atoms with E-state index in [0.717, 1.165) is 57.4 Å². The lowest BCUT2D eigenvalue weighted by Crippen LogP contribution is -2.41. The first kappa shape index (κ1) is 19.9. The fourth-order valence-corrected chi connectivity index (χ4v) is 4.32. The van der Waals surface area contributed by atoms with Crippen molar-refractivity contribution in [3.05, 3.63) is 29.8 Å². The Morgan fingerprint density at radius 2 is 1.74 bits per heavy atom. The zero-order valence-electron chi connectivity index (χ0n) is 16.5. The number of carbonyl (C=O) groups excluding carboxylic acids is 2. The number of nitrogens with zero attached hydrogens (tertiary/aromatic N) is 1. The molecule has 0 unspecified atom stereocenters. The molecule has 2 N–H and O–H groups in total. The predicted octanol–water partition coefficient (Wildman–Crippen LogP) is 3.55. The molecule has 1 saturated heterocycles. The van der Waals surface area contributed by atoms with Crippen molar-refractivity contribution >= 4 is 17.5 Å². The number of anilines is 1. The van der Waals surface area contributed by atoms with E-state index in [4.69, 9.17) is 0 Å². The molecule has 2 amide bonds. The number of carbonyl (C=O) groups is 2. The van der Waals surface area contributed by atoms with Crippen LogP contribution in [0.25, 0.3) is 0 Å². The normalized spacial score (nSPS) is 23.1. The van der Waals surface area contributed by atoms with E-state index in [9.17, 15) is 9.59 Å². The van der Waals surface area contributed by atoms with Crippen LogP contribution in [0.5, 0.6) is 0 Å². The zero-order valence-corrected chi connectivity index (χ0v) is 16.5. The lowest BCUT2D eigenvalue weighted by Gasteiger charge is -2.29. The first-order valence-electron chi connectivity index (χ1n) is 10.6. The third-order valence-electron chi connectivity index (χ3n) is 5.79. The van der Waals surface area contributed by atoms with Crippen LogP contribution in [0.1, 0.15) is 57.4 Å². The van der Waals surface area contributed by atoms with Crippen LogP contribution in [0.15, 0.2) is 24.3 Å². The second kappa shape index (κ2) is 9.88. The minimum Gasteiger partial charge on any atom is -0.356 e. The van der Waals surface area contributed by atoms with Crippen molar-refractivity contribution in [1.82, 2.24) is 10.2 Å². The van der Waals surface area contributed by atoms with E-state index in [0.29, 0.717) is 6.54 Å². The average molecular weight is 372 g/mol. The maximum absolute atomic E-state index is 12.9. The number of rotatable bonds is 7. The van der Waals surface area contributed by atoms with E-state index in [2.05, 4.69) is 27.7 Å². The molecule has 148 valence electrons. The predicted molar refractivity (Wildman–Crippen MR) is 108 cm³/mol. The van der Waals surface area contributed by atoms with Gasteiger partial charge in [0.2, 0.25) is 11.8 Å². The summed E-state index contributed by atoms with van der Waals surface area (Å²) in [6.07, 6.45) is 7.12. The third kappa shape index (κ3) is 5.55. The maximum Gasteiger partial charge on any atom is 0.228 e. The highest BCUT2D eigenvalue weighted by atomic mass is 16.2. The van der Waals surface area contributed by atoms with E-state index < -0.39 is 0 Å². The van der Waals surface area contributed by atoms with Gasteiger partial charge in [0.15, 0.2) is 0 Å². The quantitative estimate of drug-likeness (QED) is 0.770. The molecule has 2 atom stereocenters.